The van der Waals surface area contributed by atoms with Gasteiger partial charge in [-0.1, -0.05) is 0 Å². The second kappa shape index (κ2) is 2.66. The largest absolute Gasteiger partial charge is 0.367 e. The van der Waals surface area contributed by atoms with Gasteiger partial charge < -0.3 is 5.73 Å². The maximum atomic E-state index is 13.4. The predicted octanol–water partition coefficient (Wildman–Crippen LogP) is 1.57. The molecule has 7 heteroatoms. The van der Waals surface area contributed by atoms with E-state index >= 15 is 0 Å². The Morgan fingerprint density at radius 1 is 1.50 bits per heavy atom. The van der Waals surface area contributed by atoms with Gasteiger partial charge in [-0.05, 0) is 6.07 Å². The molecule has 0 aromatic carbocycles. The molecule has 2 N–H and O–H groups in total. The van der Waals surface area contributed by atoms with Crippen molar-refractivity contribution in [3.05, 3.63) is 23.8 Å². The molecule has 1 fully saturated rings. The van der Waals surface area contributed by atoms with Crippen LogP contribution in [0.1, 0.15) is 18.0 Å². The Morgan fingerprint density at radius 2 is 2.19 bits per heavy atom. The van der Waals surface area contributed by atoms with Crippen molar-refractivity contribution in [1.82, 2.24) is 14.6 Å². The highest BCUT2D eigenvalue weighted by molar-refractivity contribution is 5.51. The fourth-order valence-electron chi connectivity index (χ4n) is 1.77. The third kappa shape index (κ3) is 1.17. The molecule has 2 aromatic heterocycles. The van der Waals surface area contributed by atoms with Crippen molar-refractivity contribution >= 4 is 11.5 Å². The molecule has 1 aliphatic carbocycles. The summed E-state index contributed by atoms with van der Waals surface area (Å²) in [4.78, 5) is 3.62. The fourth-order valence-corrected chi connectivity index (χ4v) is 1.77. The molecule has 1 aliphatic rings. The van der Waals surface area contributed by atoms with Gasteiger partial charge in [0.2, 0.25) is 5.95 Å². The van der Waals surface area contributed by atoms with E-state index in [1.165, 1.54) is 6.20 Å². The zero-order chi connectivity index (χ0) is 11.5. The Labute approximate surface area is 87.9 Å². The number of hydrogen-bond donors (Lipinski definition) is 1. The molecular formula is C9H7F3N4. The number of halogens is 3. The topological polar surface area (TPSA) is 56.2 Å². The SMILES string of the molecule is Nc1ncc2c(F)cc(C3CC3(F)F)n2n1. The zero-order valence-electron chi connectivity index (χ0n) is 7.99. The molecule has 1 saturated carbocycles. The van der Waals surface area contributed by atoms with Gasteiger partial charge in [-0.15, -0.1) is 5.10 Å². The Hall–Kier alpha value is -1.79. The van der Waals surface area contributed by atoms with Crippen LogP contribution < -0.4 is 5.73 Å². The summed E-state index contributed by atoms with van der Waals surface area (Å²) < 4.78 is 40.3. The normalized spacial score (nSPS) is 22.6. The van der Waals surface area contributed by atoms with Crippen LogP contribution in [0, 0.1) is 5.82 Å². The van der Waals surface area contributed by atoms with E-state index in [1.54, 1.807) is 0 Å². The molecule has 0 radical (unpaired) electrons. The lowest BCUT2D eigenvalue weighted by molar-refractivity contribution is 0.111. The predicted molar refractivity (Wildman–Crippen MR) is 49.7 cm³/mol. The van der Waals surface area contributed by atoms with E-state index in [1.807, 2.05) is 0 Å². The first-order valence-corrected chi connectivity index (χ1v) is 4.66. The van der Waals surface area contributed by atoms with Crippen molar-refractivity contribution in [3.8, 4) is 0 Å². The average Bonchev–Trinajstić information content (AvgIpc) is 2.70. The monoisotopic (exact) mass is 228 g/mol. The number of hydrogen-bond acceptors (Lipinski definition) is 3. The summed E-state index contributed by atoms with van der Waals surface area (Å²) in [6.07, 6.45) is 0.907. The van der Waals surface area contributed by atoms with Gasteiger partial charge in [0.25, 0.3) is 5.92 Å². The van der Waals surface area contributed by atoms with Crippen LogP contribution in [0.2, 0.25) is 0 Å². The number of rotatable bonds is 1. The number of nitrogens with zero attached hydrogens (tertiary/aromatic N) is 3. The van der Waals surface area contributed by atoms with Gasteiger partial charge in [-0.2, -0.15) is 0 Å². The Bertz CT molecular complexity index is 577. The minimum atomic E-state index is -2.76. The van der Waals surface area contributed by atoms with E-state index < -0.39 is 17.7 Å². The molecule has 84 valence electrons. The maximum Gasteiger partial charge on any atom is 0.257 e. The molecule has 16 heavy (non-hydrogen) atoms. The smallest absolute Gasteiger partial charge is 0.257 e. The van der Waals surface area contributed by atoms with Gasteiger partial charge in [0, 0.05) is 6.42 Å². The van der Waals surface area contributed by atoms with Crippen molar-refractivity contribution in [2.24, 2.45) is 0 Å². The van der Waals surface area contributed by atoms with E-state index in [4.69, 9.17) is 5.73 Å². The zero-order valence-corrected chi connectivity index (χ0v) is 7.99. The van der Waals surface area contributed by atoms with Gasteiger partial charge in [0.15, 0.2) is 5.82 Å². The van der Waals surface area contributed by atoms with Crippen LogP contribution in [0.25, 0.3) is 5.52 Å². The van der Waals surface area contributed by atoms with Gasteiger partial charge in [-0.25, -0.2) is 22.7 Å². The average molecular weight is 228 g/mol. The lowest BCUT2D eigenvalue weighted by Crippen LogP contribution is -2.04. The van der Waals surface area contributed by atoms with E-state index in [0.29, 0.717) is 0 Å². The fraction of sp³-hybridized carbons (Fsp3) is 0.333. The summed E-state index contributed by atoms with van der Waals surface area (Å²) >= 11 is 0. The highest BCUT2D eigenvalue weighted by atomic mass is 19.3. The van der Waals surface area contributed by atoms with Crippen molar-refractivity contribution in [3.63, 3.8) is 0 Å². The summed E-state index contributed by atoms with van der Waals surface area (Å²) in [7, 11) is 0. The molecule has 0 amide bonds. The number of fused-ring (bicyclic) bond motifs is 1. The first-order chi connectivity index (χ1) is 7.49. The van der Waals surface area contributed by atoms with Gasteiger partial charge in [0.05, 0.1) is 17.8 Å². The van der Waals surface area contributed by atoms with Crippen LogP contribution in [-0.2, 0) is 0 Å². The van der Waals surface area contributed by atoms with Crippen LogP contribution in [0.3, 0.4) is 0 Å². The highest BCUT2D eigenvalue weighted by Crippen LogP contribution is 2.55. The molecule has 0 bridgehead atoms. The summed E-state index contributed by atoms with van der Waals surface area (Å²) in [5.41, 5.74) is 5.54. The van der Waals surface area contributed by atoms with Crippen molar-refractivity contribution in [2.75, 3.05) is 5.73 Å². The van der Waals surface area contributed by atoms with Crippen LogP contribution in [-0.4, -0.2) is 20.5 Å². The lowest BCUT2D eigenvalue weighted by Gasteiger charge is -2.00. The summed E-state index contributed by atoms with van der Waals surface area (Å²) in [5, 5.41) is 3.73. The molecule has 4 nitrogen and oxygen atoms in total. The molecule has 0 spiro atoms. The van der Waals surface area contributed by atoms with Gasteiger partial charge >= 0.3 is 0 Å². The quantitative estimate of drug-likeness (QED) is 0.806. The minimum Gasteiger partial charge on any atom is -0.367 e. The molecular weight excluding hydrogens is 221 g/mol. The molecule has 2 aromatic rings. The van der Waals surface area contributed by atoms with Crippen LogP contribution in [0.15, 0.2) is 12.3 Å². The standard InChI is InChI=1S/C9H7F3N4/c10-5-1-6(4-2-9(4,11)12)16-7(5)3-14-8(13)15-16/h1,3-4H,2H2,(H2,13,15). The molecule has 0 saturated heterocycles. The second-order valence-corrected chi connectivity index (χ2v) is 3.85. The molecule has 3 rings (SSSR count). The maximum absolute atomic E-state index is 13.4. The molecule has 1 unspecified atom stereocenters. The van der Waals surface area contributed by atoms with Crippen molar-refractivity contribution in [2.45, 2.75) is 18.3 Å². The van der Waals surface area contributed by atoms with E-state index in [2.05, 4.69) is 10.1 Å². The van der Waals surface area contributed by atoms with E-state index in [9.17, 15) is 13.2 Å². The van der Waals surface area contributed by atoms with Gasteiger partial charge in [0.1, 0.15) is 5.52 Å². The third-order valence-electron chi connectivity index (χ3n) is 2.70. The number of nitrogen functional groups attached to an aromatic ring is 1. The number of aromatic nitrogens is 3. The van der Waals surface area contributed by atoms with E-state index in [-0.39, 0.29) is 23.6 Å². The first kappa shape index (κ1) is 9.44. The lowest BCUT2D eigenvalue weighted by atomic mass is 10.3. The van der Waals surface area contributed by atoms with Crippen molar-refractivity contribution in [1.29, 1.82) is 0 Å². The first-order valence-electron chi connectivity index (χ1n) is 4.66. The molecule has 2 heterocycles. The van der Waals surface area contributed by atoms with E-state index in [0.717, 1.165) is 10.6 Å². The Balaban J connectivity index is 2.22. The van der Waals surface area contributed by atoms with Crippen LogP contribution in [0.5, 0.6) is 0 Å². The molecule has 0 aliphatic heterocycles. The summed E-state index contributed by atoms with van der Waals surface area (Å²) in [5.74, 6) is -4.43. The highest BCUT2D eigenvalue weighted by Gasteiger charge is 2.59. The van der Waals surface area contributed by atoms with Crippen molar-refractivity contribution < 1.29 is 13.2 Å². The summed E-state index contributed by atoms with van der Waals surface area (Å²) in [6.45, 7) is 0. The third-order valence-corrected chi connectivity index (χ3v) is 2.70. The number of alkyl halides is 2. The Morgan fingerprint density at radius 3 is 2.81 bits per heavy atom. The summed E-state index contributed by atoms with van der Waals surface area (Å²) in [6, 6.07) is 1.06. The van der Waals surface area contributed by atoms with Crippen LogP contribution in [0.4, 0.5) is 19.1 Å². The van der Waals surface area contributed by atoms with Gasteiger partial charge in [-0.3, -0.25) is 0 Å². The number of nitrogens with two attached hydrogens (primary N) is 1. The van der Waals surface area contributed by atoms with Crippen LogP contribution >= 0.6 is 0 Å². The minimum absolute atomic E-state index is 0.0619. The number of anilines is 1. The molecule has 1 atom stereocenters. The second-order valence-electron chi connectivity index (χ2n) is 3.85. The Kier molecular flexibility index (Phi) is 1.57.